The first-order chi connectivity index (χ1) is 25.5. The Balaban J connectivity index is 1.10. The molecule has 3 heterocycles. The monoisotopic (exact) mass is 682 g/mol. The maximum absolute atomic E-state index is 2.47. The highest BCUT2D eigenvalue weighted by molar-refractivity contribution is 7.26. The van der Waals surface area contributed by atoms with Gasteiger partial charge >= 0.3 is 0 Å². The molecule has 0 N–H and O–H groups in total. The van der Waals surface area contributed by atoms with Crippen LogP contribution in [-0.4, -0.2) is 4.57 Å². The molecule has 0 radical (unpaired) electrons. The molecule has 1 aliphatic heterocycles. The van der Waals surface area contributed by atoms with Crippen LogP contribution in [0.1, 0.15) is 25.0 Å². The third kappa shape index (κ3) is 4.17. The van der Waals surface area contributed by atoms with E-state index in [9.17, 15) is 0 Å². The molecular weight excluding hydrogens is 649 g/mol. The van der Waals surface area contributed by atoms with Gasteiger partial charge in [0.05, 0.1) is 32.8 Å². The highest BCUT2D eigenvalue weighted by atomic mass is 32.1. The van der Waals surface area contributed by atoms with Crippen molar-refractivity contribution >= 4 is 81.1 Å². The van der Waals surface area contributed by atoms with E-state index < -0.39 is 0 Å². The number of hydrogen-bond donors (Lipinski definition) is 0. The molecule has 0 aliphatic carbocycles. The van der Waals surface area contributed by atoms with Gasteiger partial charge in [-0.1, -0.05) is 123 Å². The highest BCUT2D eigenvalue weighted by Gasteiger charge is 2.37. The topological polar surface area (TPSA) is 8.17 Å². The predicted molar refractivity (Wildman–Crippen MR) is 223 cm³/mol. The molecule has 3 heteroatoms. The summed E-state index contributed by atoms with van der Waals surface area (Å²) in [5.74, 6) is 0. The van der Waals surface area contributed by atoms with Gasteiger partial charge in [0.1, 0.15) is 0 Å². The van der Waals surface area contributed by atoms with Gasteiger partial charge in [-0.3, -0.25) is 0 Å². The molecule has 52 heavy (non-hydrogen) atoms. The maximum atomic E-state index is 2.47. The van der Waals surface area contributed by atoms with Crippen LogP contribution < -0.4 is 4.90 Å². The molecule has 2 nitrogen and oxygen atoms in total. The van der Waals surface area contributed by atoms with Gasteiger partial charge in [0.25, 0.3) is 0 Å². The summed E-state index contributed by atoms with van der Waals surface area (Å²) in [7, 11) is 0. The second-order valence-electron chi connectivity index (χ2n) is 14.6. The van der Waals surface area contributed by atoms with E-state index in [2.05, 4.69) is 193 Å². The summed E-state index contributed by atoms with van der Waals surface area (Å²) in [5.41, 5.74) is 12.3. The summed E-state index contributed by atoms with van der Waals surface area (Å²) < 4.78 is 5.12. The minimum absolute atomic E-state index is 0.182. The van der Waals surface area contributed by atoms with E-state index >= 15 is 0 Å². The zero-order valence-corrected chi connectivity index (χ0v) is 29.8. The first kappa shape index (κ1) is 29.6. The largest absolute Gasteiger partial charge is 0.310 e. The van der Waals surface area contributed by atoms with Crippen molar-refractivity contribution in [3.05, 3.63) is 181 Å². The summed E-state index contributed by atoms with van der Waals surface area (Å²) in [6.45, 7) is 4.75. The number of nitrogens with zero attached hydrogens (tertiary/aromatic N) is 2. The van der Waals surface area contributed by atoms with Crippen molar-refractivity contribution in [2.45, 2.75) is 19.3 Å². The van der Waals surface area contributed by atoms with E-state index in [-0.39, 0.29) is 5.41 Å². The first-order valence-electron chi connectivity index (χ1n) is 18.0. The van der Waals surface area contributed by atoms with Crippen LogP contribution in [0.25, 0.3) is 69.6 Å². The molecule has 0 bridgehead atoms. The van der Waals surface area contributed by atoms with Gasteiger partial charge in [-0.15, -0.1) is 11.3 Å². The van der Waals surface area contributed by atoms with Crippen molar-refractivity contribution in [3.8, 4) is 16.8 Å². The van der Waals surface area contributed by atoms with Gasteiger partial charge in [0.2, 0.25) is 0 Å². The van der Waals surface area contributed by atoms with Gasteiger partial charge in [-0.2, -0.15) is 0 Å². The summed E-state index contributed by atoms with van der Waals surface area (Å²) >= 11 is 1.89. The molecule has 0 unspecified atom stereocenters. The maximum Gasteiger partial charge on any atom is 0.0640 e. The predicted octanol–water partition coefficient (Wildman–Crippen LogP) is 14.1. The van der Waals surface area contributed by atoms with Gasteiger partial charge in [-0.25, -0.2) is 0 Å². The normalized spacial score (nSPS) is 13.7. The number of aromatic nitrogens is 1. The van der Waals surface area contributed by atoms with Gasteiger partial charge in [0.15, 0.2) is 0 Å². The van der Waals surface area contributed by atoms with Gasteiger partial charge in [-0.05, 0) is 93.7 Å². The minimum Gasteiger partial charge on any atom is -0.310 e. The van der Waals surface area contributed by atoms with Crippen LogP contribution >= 0.6 is 11.3 Å². The Morgan fingerprint density at radius 2 is 1.12 bits per heavy atom. The van der Waals surface area contributed by atoms with E-state index in [1.165, 1.54) is 97.8 Å². The van der Waals surface area contributed by atoms with Crippen molar-refractivity contribution in [2.75, 3.05) is 4.90 Å². The second-order valence-corrected chi connectivity index (χ2v) is 15.6. The highest BCUT2D eigenvalue weighted by Crippen LogP contribution is 2.53. The van der Waals surface area contributed by atoms with Crippen LogP contribution in [0.2, 0.25) is 0 Å². The smallest absolute Gasteiger partial charge is 0.0640 e. The fraction of sp³-hybridized carbons (Fsp3) is 0.0612. The number of rotatable bonds is 3. The lowest BCUT2D eigenvalue weighted by Crippen LogP contribution is -2.30. The molecule has 246 valence electrons. The Hall–Kier alpha value is -6.16. The van der Waals surface area contributed by atoms with Gasteiger partial charge < -0.3 is 9.47 Å². The number of thiophene rings is 1. The number of hydrogen-bond acceptors (Lipinski definition) is 2. The van der Waals surface area contributed by atoms with Crippen molar-refractivity contribution in [3.63, 3.8) is 0 Å². The summed E-state index contributed by atoms with van der Waals surface area (Å²) in [4.78, 5) is 2.46. The molecule has 0 saturated heterocycles. The van der Waals surface area contributed by atoms with Crippen LogP contribution in [0.3, 0.4) is 0 Å². The van der Waals surface area contributed by atoms with E-state index in [0.29, 0.717) is 0 Å². The van der Waals surface area contributed by atoms with Crippen LogP contribution in [0.5, 0.6) is 0 Å². The third-order valence-corrected chi connectivity index (χ3v) is 12.6. The fourth-order valence-electron chi connectivity index (χ4n) is 8.80. The average molecular weight is 683 g/mol. The second kappa shape index (κ2) is 10.9. The molecular formula is C49H34N2S. The molecule has 0 amide bonds. The third-order valence-electron chi connectivity index (χ3n) is 11.4. The van der Waals surface area contributed by atoms with Crippen LogP contribution in [0, 0.1) is 0 Å². The van der Waals surface area contributed by atoms with Crippen molar-refractivity contribution in [2.24, 2.45) is 0 Å². The van der Waals surface area contributed by atoms with Crippen LogP contribution in [0.4, 0.5) is 17.1 Å². The molecule has 1 aliphatic rings. The van der Waals surface area contributed by atoms with E-state index in [1.807, 2.05) is 11.3 Å². The Morgan fingerprint density at radius 3 is 2.04 bits per heavy atom. The lowest BCUT2D eigenvalue weighted by Gasteiger charge is -2.42. The minimum atomic E-state index is -0.182. The summed E-state index contributed by atoms with van der Waals surface area (Å²) in [6.07, 6.45) is 0. The zero-order valence-electron chi connectivity index (χ0n) is 29.0. The quantitative estimate of drug-likeness (QED) is 0.180. The molecule has 2 aromatic heterocycles. The first-order valence-corrected chi connectivity index (χ1v) is 18.8. The standard InChI is InChI=1S/C49H34N2S/c1-49(2)40-17-7-9-19-44(40)50(35-25-22-31-12-3-4-13-32(31)28-35)45-27-24-34(30-41(45)49)33-23-26-43-39(29-33)36-14-5-8-18-42(36)51(43)46-20-11-16-38-37-15-6-10-21-47(37)52-48(38)46/h3-30H,1-2H3. The molecule has 0 fully saturated rings. The number of para-hydroxylation sites is 2. The van der Waals surface area contributed by atoms with Crippen molar-refractivity contribution in [1.82, 2.24) is 4.57 Å². The molecule has 0 atom stereocenters. The molecule has 0 spiro atoms. The Labute approximate surface area is 306 Å². The van der Waals surface area contributed by atoms with Gasteiger partial charge in [0, 0.05) is 37.3 Å². The molecule has 8 aromatic carbocycles. The van der Waals surface area contributed by atoms with E-state index in [4.69, 9.17) is 0 Å². The average Bonchev–Trinajstić information content (AvgIpc) is 3.74. The Morgan fingerprint density at radius 1 is 0.442 bits per heavy atom. The van der Waals surface area contributed by atoms with Crippen LogP contribution in [0.15, 0.2) is 170 Å². The SMILES string of the molecule is CC1(C)c2ccccc2N(c2ccc3ccccc3c2)c2ccc(-c3ccc4c(c3)c3ccccc3n4-c3cccc4c3sc3ccccc34)cc21. The fourth-order valence-corrected chi connectivity index (χ4v) is 10.0. The number of benzene rings is 8. The number of anilines is 3. The lowest BCUT2D eigenvalue weighted by atomic mass is 9.73. The van der Waals surface area contributed by atoms with Crippen molar-refractivity contribution in [1.29, 1.82) is 0 Å². The zero-order chi connectivity index (χ0) is 34.6. The molecule has 10 aromatic rings. The Bertz CT molecular complexity index is 3070. The summed E-state index contributed by atoms with van der Waals surface area (Å²) in [6, 6.07) is 62.9. The van der Waals surface area contributed by atoms with E-state index in [0.717, 1.165) is 0 Å². The summed E-state index contributed by atoms with van der Waals surface area (Å²) in [5, 5.41) is 7.68. The Kier molecular flexibility index (Phi) is 6.21. The lowest BCUT2D eigenvalue weighted by molar-refractivity contribution is 0.632. The molecule has 11 rings (SSSR count). The number of fused-ring (bicyclic) bond motifs is 9. The molecule has 0 saturated carbocycles. The van der Waals surface area contributed by atoms with Crippen molar-refractivity contribution < 1.29 is 0 Å². The van der Waals surface area contributed by atoms with E-state index in [1.54, 1.807) is 0 Å². The van der Waals surface area contributed by atoms with Crippen LogP contribution in [-0.2, 0) is 5.41 Å².